The number of ether oxygens (including phenoxy) is 1. The number of hydrogen-bond donors (Lipinski definition) is 1. The maximum absolute atomic E-state index is 14.2. The third-order valence-electron chi connectivity index (χ3n) is 5.74. The van der Waals surface area contributed by atoms with Crippen LogP contribution in [0.4, 0.5) is 10.1 Å². The number of carbonyl (C=O) groups excluding carboxylic acids is 1. The highest BCUT2D eigenvalue weighted by Gasteiger charge is 2.26. The van der Waals surface area contributed by atoms with Crippen LogP contribution < -0.4 is 10.1 Å². The van der Waals surface area contributed by atoms with Gasteiger partial charge in [0.05, 0.1) is 12.3 Å². The molecule has 1 N–H and O–H groups in total. The molecule has 4 heteroatoms. The zero-order chi connectivity index (χ0) is 19.3. The molecule has 3 aromatic rings. The van der Waals surface area contributed by atoms with Gasteiger partial charge in [0.15, 0.2) is 0 Å². The summed E-state index contributed by atoms with van der Waals surface area (Å²) in [5, 5.41) is 5.29. The van der Waals surface area contributed by atoms with Gasteiger partial charge in [-0.2, -0.15) is 0 Å². The van der Waals surface area contributed by atoms with Gasteiger partial charge >= 0.3 is 0 Å². The Balaban J connectivity index is 1.89. The number of halogens is 1. The van der Waals surface area contributed by atoms with Crippen molar-refractivity contribution in [1.82, 2.24) is 0 Å². The third-order valence-corrected chi connectivity index (χ3v) is 5.74. The number of hydrogen-bond acceptors (Lipinski definition) is 3. The molecule has 0 aromatic heterocycles. The van der Waals surface area contributed by atoms with Crippen molar-refractivity contribution in [1.29, 1.82) is 0 Å². The van der Waals surface area contributed by atoms with E-state index in [1.165, 1.54) is 11.6 Å². The number of nitrogens with one attached hydrogen (secondary N) is 1. The van der Waals surface area contributed by atoms with Crippen LogP contribution in [0, 0.1) is 12.7 Å². The quantitative estimate of drug-likeness (QED) is 0.634. The van der Waals surface area contributed by atoms with Gasteiger partial charge in [-0.25, -0.2) is 4.39 Å². The van der Waals surface area contributed by atoms with Gasteiger partial charge < -0.3 is 14.8 Å². The first-order chi connectivity index (χ1) is 13.7. The highest BCUT2D eigenvalue weighted by Crippen LogP contribution is 2.47. The van der Waals surface area contributed by atoms with Gasteiger partial charge in [0.25, 0.3) is 0 Å². The molecule has 0 atom stereocenters. The second-order valence-corrected chi connectivity index (χ2v) is 7.35. The Bertz CT molecular complexity index is 1160. The molecule has 2 heterocycles. The van der Waals surface area contributed by atoms with Crippen molar-refractivity contribution in [3.8, 4) is 16.9 Å². The van der Waals surface area contributed by atoms with Crippen molar-refractivity contribution in [3.05, 3.63) is 65.0 Å². The SMILES string of the molecule is Cc1cc2ccc(F)cc2c(-c2ccc3c4c2NCC=C4CCO3)c1CC=O. The molecular formula is C24H20FNO2. The van der Waals surface area contributed by atoms with E-state index in [4.69, 9.17) is 4.74 Å². The lowest BCUT2D eigenvalue weighted by Crippen LogP contribution is -2.16. The van der Waals surface area contributed by atoms with Gasteiger partial charge in [0.1, 0.15) is 17.9 Å². The maximum atomic E-state index is 14.2. The molecule has 3 nitrogen and oxygen atoms in total. The van der Waals surface area contributed by atoms with E-state index in [0.717, 1.165) is 69.3 Å². The molecule has 28 heavy (non-hydrogen) atoms. The molecule has 0 aliphatic carbocycles. The van der Waals surface area contributed by atoms with Gasteiger partial charge in [-0.15, -0.1) is 0 Å². The predicted octanol–water partition coefficient (Wildman–Crippen LogP) is 5.29. The molecule has 2 aliphatic rings. The highest BCUT2D eigenvalue weighted by molar-refractivity contribution is 6.05. The zero-order valence-electron chi connectivity index (χ0n) is 15.6. The Kier molecular flexibility index (Phi) is 3.93. The standard InChI is InChI=1S/C24H20FNO2/c1-14-12-16-2-3-17(25)13-20(16)23(18(14)7-10-27)19-4-5-21-22-15(8-11-28-21)6-9-26-24(19)22/h2-6,10,12-13,26H,7-9,11H2,1H3. The maximum Gasteiger partial charge on any atom is 0.128 e. The van der Waals surface area contributed by atoms with Crippen LogP contribution in [-0.4, -0.2) is 19.4 Å². The van der Waals surface area contributed by atoms with E-state index < -0.39 is 0 Å². The number of fused-ring (bicyclic) bond motifs is 1. The first-order valence-electron chi connectivity index (χ1n) is 9.56. The molecule has 0 spiro atoms. The molecule has 2 aliphatic heterocycles. The monoisotopic (exact) mass is 373 g/mol. The molecule has 5 rings (SSSR count). The number of benzene rings is 3. The number of rotatable bonds is 3. The summed E-state index contributed by atoms with van der Waals surface area (Å²) in [5.41, 5.74) is 7.30. The third kappa shape index (κ3) is 2.52. The van der Waals surface area contributed by atoms with E-state index >= 15 is 0 Å². The minimum absolute atomic E-state index is 0.280. The second-order valence-electron chi connectivity index (χ2n) is 7.35. The fraction of sp³-hybridized carbons (Fsp3) is 0.208. The number of anilines is 1. The molecular weight excluding hydrogens is 353 g/mol. The van der Waals surface area contributed by atoms with Crippen molar-refractivity contribution in [2.24, 2.45) is 0 Å². The topological polar surface area (TPSA) is 38.3 Å². The Morgan fingerprint density at radius 1 is 1.18 bits per heavy atom. The minimum Gasteiger partial charge on any atom is -0.493 e. The Morgan fingerprint density at radius 2 is 2.07 bits per heavy atom. The van der Waals surface area contributed by atoms with Crippen LogP contribution in [-0.2, 0) is 11.2 Å². The summed E-state index contributed by atoms with van der Waals surface area (Å²) in [6.45, 7) is 3.45. The Labute approximate surface area is 162 Å². The molecule has 0 radical (unpaired) electrons. The lowest BCUT2D eigenvalue weighted by molar-refractivity contribution is -0.107. The molecule has 0 saturated carbocycles. The van der Waals surface area contributed by atoms with Crippen LogP contribution in [0.15, 0.2) is 42.5 Å². The van der Waals surface area contributed by atoms with E-state index in [-0.39, 0.29) is 5.82 Å². The van der Waals surface area contributed by atoms with E-state index in [1.807, 2.05) is 25.1 Å². The van der Waals surface area contributed by atoms with Crippen LogP contribution >= 0.6 is 0 Å². The van der Waals surface area contributed by atoms with E-state index in [2.05, 4.69) is 11.4 Å². The minimum atomic E-state index is -0.280. The fourth-order valence-corrected chi connectivity index (χ4v) is 4.50. The summed E-state index contributed by atoms with van der Waals surface area (Å²) in [6.07, 6.45) is 4.31. The van der Waals surface area contributed by atoms with E-state index in [0.29, 0.717) is 13.0 Å². The first-order valence-corrected chi connectivity index (χ1v) is 9.56. The number of aryl methyl sites for hydroxylation is 1. The first kappa shape index (κ1) is 17.0. The van der Waals surface area contributed by atoms with Crippen LogP contribution in [0.5, 0.6) is 5.75 Å². The van der Waals surface area contributed by atoms with E-state index in [1.54, 1.807) is 12.1 Å². The molecule has 0 amide bonds. The van der Waals surface area contributed by atoms with Gasteiger partial charge in [-0.1, -0.05) is 18.2 Å². The molecule has 0 bridgehead atoms. The molecule has 3 aromatic carbocycles. The summed E-state index contributed by atoms with van der Waals surface area (Å²) in [6, 6.07) is 10.9. The lowest BCUT2D eigenvalue weighted by atomic mass is 9.84. The predicted molar refractivity (Wildman–Crippen MR) is 110 cm³/mol. The molecule has 140 valence electrons. The van der Waals surface area contributed by atoms with Crippen LogP contribution in [0.2, 0.25) is 0 Å². The van der Waals surface area contributed by atoms with Crippen LogP contribution in [0.3, 0.4) is 0 Å². The molecule has 0 unspecified atom stereocenters. The summed E-state index contributed by atoms with van der Waals surface area (Å²) in [7, 11) is 0. The normalized spacial score (nSPS) is 14.7. The smallest absolute Gasteiger partial charge is 0.128 e. The average Bonchev–Trinajstić information content (AvgIpc) is 2.70. The summed E-state index contributed by atoms with van der Waals surface area (Å²) < 4.78 is 20.0. The molecule has 0 saturated heterocycles. The van der Waals surface area contributed by atoms with Crippen LogP contribution in [0.1, 0.15) is 23.1 Å². The van der Waals surface area contributed by atoms with Crippen molar-refractivity contribution >= 4 is 28.3 Å². The van der Waals surface area contributed by atoms with Gasteiger partial charge in [0.2, 0.25) is 0 Å². The van der Waals surface area contributed by atoms with Gasteiger partial charge in [0, 0.05) is 30.5 Å². The van der Waals surface area contributed by atoms with Gasteiger partial charge in [-0.3, -0.25) is 0 Å². The zero-order valence-corrected chi connectivity index (χ0v) is 15.6. The second kappa shape index (κ2) is 6.48. The van der Waals surface area contributed by atoms with Crippen molar-refractivity contribution in [3.63, 3.8) is 0 Å². The summed E-state index contributed by atoms with van der Waals surface area (Å²) >= 11 is 0. The Hall–Kier alpha value is -3.14. The van der Waals surface area contributed by atoms with E-state index in [9.17, 15) is 9.18 Å². The van der Waals surface area contributed by atoms with Crippen molar-refractivity contribution in [2.75, 3.05) is 18.5 Å². The number of aldehydes is 1. The summed E-state index contributed by atoms with van der Waals surface area (Å²) in [5.74, 6) is 0.599. The average molecular weight is 373 g/mol. The highest BCUT2D eigenvalue weighted by atomic mass is 19.1. The largest absolute Gasteiger partial charge is 0.493 e. The van der Waals surface area contributed by atoms with Gasteiger partial charge in [-0.05, 0) is 64.2 Å². The fourth-order valence-electron chi connectivity index (χ4n) is 4.50. The van der Waals surface area contributed by atoms with Crippen molar-refractivity contribution < 1.29 is 13.9 Å². The lowest BCUT2D eigenvalue weighted by Gasteiger charge is -2.29. The summed E-state index contributed by atoms with van der Waals surface area (Å²) in [4.78, 5) is 11.4. The molecule has 0 fully saturated rings. The van der Waals surface area contributed by atoms with Crippen molar-refractivity contribution in [2.45, 2.75) is 19.8 Å². The Morgan fingerprint density at radius 3 is 2.93 bits per heavy atom. The number of carbonyl (C=O) groups is 1. The van der Waals surface area contributed by atoms with Crippen LogP contribution in [0.25, 0.3) is 27.5 Å².